The summed E-state index contributed by atoms with van der Waals surface area (Å²) in [6.45, 7) is 4.81. The molecule has 102 valence electrons. The van der Waals surface area contributed by atoms with Gasteiger partial charge < -0.3 is 21.3 Å². The Balaban J connectivity index is 3.64. The Bertz CT molecular complexity index is 229. The van der Waals surface area contributed by atoms with Crippen LogP contribution in [0.15, 0.2) is 0 Å². The quantitative estimate of drug-likeness (QED) is 0.591. The lowest BCUT2D eigenvalue weighted by atomic mass is 9.96. The van der Waals surface area contributed by atoms with Gasteiger partial charge in [-0.05, 0) is 67.0 Å². The Morgan fingerprint density at radius 2 is 1.65 bits per heavy atom. The Kier molecular flexibility index (Phi) is 7.34. The minimum absolute atomic E-state index is 0.423. The van der Waals surface area contributed by atoms with Crippen LogP contribution in [0.3, 0.4) is 0 Å². The second-order valence-electron chi connectivity index (χ2n) is 5.35. The first-order valence-corrected chi connectivity index (χ1v) is 6.18. The van der Waals surface area contributed by atoms with E-state index in [0.29, 0.717) is 6.42 Å². The molecule has 0 aliphatic rings. The van der Waals surface area contributed by atoms with Crippen LogP contribution < -0.4 is 11.5 Å². The van der Waals surface area contributed by atoms with Gasteiger partial charge in [0.1, 0.15) is 0 Å². The van der Waals surface area contributed by atoms with Gasteiger partial charge in [-0.3, -0.25) is 4.79 Å². The summed E-state index contributed by atoms with van der Waals surface area (Å²) in [5.74, 6) is -0.423. The van der Waals surface area contributed by atoms with Gasteiger partial charge in [0.05, 0.1) is 5.54 Å². The van der Waals surface area contributed by atoms with Crippen molar-refractivity contribution in [2.24, 2.45) is 11.5 Å². The zero-order chi connectivity index (χ0) is 13.5. The van der Waals surface area contributed by atoms with E-state index < -0.39 is 11.4 Å². The molecule has 4 N–H and O–H groups in total. The topological polar surface area (TPSA) is 75.6 Å². The highest BCUT2D eigenvalue weighted by Gasteiger charge is 2.24. The predicted molar refractivity (Wildman–Crippen MR) is 71.7 cm³/mol. The van der Waals surface area contributed by atoms with Gasteiger partial charge in [0, 0.05) is 0 Å². The lowest BCUT2D eigenvalue weighted by Gasteiger charge is -2.23. The van der Waals surface area contributed by atoms with Gasteiger partial charge in [0.25, 0.3) is 0 Å². The molecule has 0 saturated carbocycles. The van der Waals surface area contributed by atoms with E-state index in [0.717, 1.165) is 32.5 Å². The summed E-state index contributed by atoms with van der Waals surface area (Å²) in [6, 6.07) is 0. The highest BCUT2D eigenvalue weighted by atomic mass is 16.1. The Hall–Kier alpha value is -0.650. The molecule has 1 atom stereocenters. The summed E-state index contributed by atoms with van der Waals surface area (Å²) in [5, 5.41) is 0. The molecule has 0 rings (SSSR count). The molecule has 0 saturated heterocycles. The van der Waals surface area contributed by atoms with Crippen molar-refractivity contribution in [2.75, 3.05) is 40.8 Å². The van der Waals surface area contributed by atoms with Gasteiger partial charge in [-0.25, -0.2) is 0 Å². The minimum atomic E-state index is -0.871. The zero-order valence-electron chi connectivity index (χ0n) is 11.7. The second-order valence-corrected chi connectivity index (χ2v) is 5.35. The van der Waals surface area contributed by atoms with Crippen molar-refractivity contribution in [3.05, 3.63) is 0 Å². The van der Waals surface area contributed by atoms with E-state index in [-0.39, 0.29) is 0 Å². The Morgan fingerprint density at radius 1 is 1.12 bits per heavy atom. The summed E-state index contributed by atoms with van der Waals surface area (Å²) in [4.78, 5) is 15.5. The standard InChI is InChI=1S/C12H28N4O/c1-12(14,11(13)17)7-5-9-16(4)10-6-8-15(2)3/h5-10,14H2,1-4H3,(H2,13,17). The van der Waals surface area contributed by atoms with Gasteiger partial charge in [0.15, 0.2) is 0 Å². The molecule has 0 fully saturated rings. The maximum atomic E-state index is 11.0. The number of hydrogen-bond acceptors (Lipinski definition) is 4. The number of primary amides is 1. The average Bonchev–Trinajstić information content (AvgIpc) is 2.16. The smallest absolute Gasteiger partial charge is 0.237 e. The van der Waals surface area contributed by atoms with Gasteiger partial charge in [-0.2, -0.15) is 0 Å². The molecule has 0 heterocycles. The normalized spacial score (nSPS) is 15.2. The van der Waals surface area contributed by atoms with Gasteiger partial charge in [0.2, 0.25) is 5.91 Å². The molecule has 17 heavy (non-hydrogen) atoms. The molecule has 0 radical (unpaired) electrons. The molecule has 5 nitrogen and oxygen atoms in total. The lowest BCUT2D eigenvalue weighted by Crippen LogP contribution is -2.49. The van der Waals surface area contributed by atoms with Gasteiger partial charge in [-0.15, -0.1) is 0 Å². The zero-order valence-corrected chi connectivity index (χ0v) is 11.7. The SMILES string of the molecule is CN(C)CCCN(C)CCCC(C)(N)C(N)=O. The molecular formula is C12H28N4O. The lowest BCUT2D eigenvalue weighted by molar-refractivity contribution is -0.122. The number of carbonyl (C=O) groups excluding carboxylic acids is 1. The molecule has 5 heteroatoms. The molecule has 0 aliphatic carbocycles. The molecule has 1 amide bonds. The number of hydrogen-bond donors (Lipinski definition) is 2. The molecule has 0 aliphatic heterocycles. The van der Waals surface area contributed by atoms with E-state index in [9.17, 15) is 4.79 Å². The van der Waals surface area contributed by atoms with Crippen molar-refractivity contribution < 1.29 is 4.79 Å². The second kappa shape index (κ2) is 7.63. The Labute approximate surface area is 105 Å². The van der Waals surface area contributed by atoms with Crippen LogP contribution in [-0.4, -0.2) is 62.0 Å². The summed E-state index contributed by atoms with van der Waals surface area (Å²) in [6.07, 6.45) is 2.69. The molecular weight excluding hydrogens is 216 g/mol. The third kappa shape index (κ3) is 8.12. The van der Waals surface area contributed by atoms with E-state index in [1.807, 2.05) is 0 Å². The number of amides is 1. The third-order valence-corrected chi connectivity index (χ3v) is 2.94. The summed E-state index contributed by atoms with van der Waals surface area (Å²) < 4.78 is 0. The van der Waals surface area contributed by atoms with Crippen LogP contribution in [0.5, 0.6) is 0 Å². The van der Waals surface area contributed by atoms with Crippen LogP contribution in [0.1, 0.15) is 26.2 Å². The van der Waals surface area contributed by atoms with Crippen molar-refractivity contribution in [1.82, 2.24) is 9.80 Å². The number of rotatable bonds is 9. The van der Waals surface area contributed by atoms with E-state index >= 15 is 0 Å². The van der Waals surface area contributed by atoms with Crippen molar-refractivity contribution in [3.63, 3.8) is 0 Å². The van der Waals surface area contributed by atoms with E-state index in [1.165, 1.54) is 0 Å². The number of carbonyl (C=O) groups is 1. The first-order valence-electron chi connectivity index (χ1n) is 6.18. The van der Waals surface area contributed by atoms with Crippen molar-refractivity contribution in [1.29, 1.82) is 0 Å². The van der Waals surface area contributed by atoms with E-state index in [4.69, 9.17) is 11.5 Å². The van der Waals surface area contributed by atoms with Crippen LogP contribution in [0, 0.1) is 0 Å². The predicted octanol–water partition coefficient (Wildman–Crippen LogP) is -0.147. The number of nitrogens with zero attached hydrogens (tertiary/aromatic N) is 2. The maximum absolute atomic E-state index is 11.0. The Morgan fingerprint density at radius 3 is 2.12 bits per heavy atom. The molecule has 0 spiro atoms. The van der Waals surface area contributed by atoms with Crippen LogP contribution in [0.4, 0.5) is 0 Å². The molecule has 0 bridgehead atoms. The third-order valence-electron chi connectivity index (χ3n) is 2.94. The van der Waals surface area contributed by atoms with Gasteiger partial charge in [-0.1, -0.05) is 0 Å². The van der Waals surface area contributed by atoms with E-state index in [1.54, 1.807) is 6.92 Å². The fourth-order valence-electron chi connectivity index (χ4n) is 1.61. The van der Waals surface area contributed by atoms with Gasteiger partial charge >= 0.3 is 0 Å². The van der Waals surface area contributed by atoms with Crippen molar-refractivity contribution in [3.8, 4) is 0 Å². The van der Waals surface area contributed by atoms with Crippen LogP contribution in [0.25, 0.3) is 0 Å². The van der Waals surface area contributed by atoms with Crippen molar-refractivity contribution >= 4 is 5.91 Å². The molecule has 1 unspecified atom stereocenters. The fraction of sp³-hybridized carbons (Fsp3) is 0.917. The first kappa shape index (κ1) is 16.4. The van der Waals surface area contributed by atoms with Crippen LogP contribution in [-0.2, 0) is 4.79 Å². The maximum Gasteiger partial charge on any atom is 0.237 e. The molecule has 0 aromatic rings. The highest BCUT2D eigenvalue weighted by Crippen LogP contribution is 2.08. The summed E-state index contributed by atoms with van der Waals surface area (Å²) >= 11 is 0. The minimum Gasteiger partial charge on any atom is -0.368 e. The largest absolute Gasteiger partial charge is 0.368 e. The monoisotopic (exact) mass is 244 g/mol. The summed E-state index contributed by atoms with van der Waals surface area (Å²) in [7, 11) is 6.24. The summed E-state index contributed by atoms with van der Waals surface area (Å²) in [5.41, 5.74) is 10.1. The van der Waals surface area contributed by atoms with Crippen molar-refractivity contribution in [2.45, 2.75) is 31.7 Å². The highest BCUT2D eigenvalue weighted by molar-refractivity contribution is 5.83. The van der Waals surface area contributed by atoms with E-state index in [2.05, 4.69) is 30.9 Å². The molecule has 0 aromatic carbocycles. The molecule has 0 aromatic heterocycles. The average molecular weight is 244 g/mol. The number of nitrogens with two attached hydrogens (primary N) is 2. The first-order chi connectivity index (χ1) is 7.75. The fourth-order valence-corrected chi connectivity index (χ4v) is 1.61. The van der Waals surface area contributed by atoms with Crippen LogP contribution in [0.2, 0.25) is 0 Å². The van der Waals surface area contributed by atoms with Crippen LogP contribution >= 0.6 is 0 Å².